The number of aryl methyl sites for hydroxylation is 1. The Morgan fingerprint density at radius 1 is 1.26 bits per heavy atom. The summed E-state index contributed by atoms with van der Waals surface area (Å²) in [6.07, 6.45) is 3.85. The summed E-state index contributed by atoms with van der Waals surface area (Å²) in [7, 11) is 0. The van der Waals surface area contributed by atoms with Gasteiger partial charge in [0, 0.05) is 11.7 Å². The van der Waals surface area contributed by atoms with Crippen LogP contribution in [0.5, 0.6) is 0 Å². The van der Waals surface area contributed by atoms with Crippen molar-refractivity contribution in [3.05, 3.63) is 44.6 Å². The Morgan fingerprint density at radius 2 is 2.00 bits per heavy atom. The normalized spacial score (nSPS) is 26.1. The second kappa shape index (κ2) is 8.10. The highest BCUT2D eigenvalue weighted by molar-refractivity contribution is 6.33. The third kappa shape index (κ3) is 4.05. The van der Waals surface area contributed by atoms with Crippen LogP contribution >= 0.6 is 23.2 Å². The third-order valence-corrected chi connectivity index (χ3v) is 7.89. The van der Waals surface area contributed by atoms with Gasteiger partial charge in [0.15, 0.2) is 5.15 Å². The molecule has 3 aliphatic rings. The van der Waals surface area contributed by atoms with E-state index >= 15 is 0 Å². The fourth-order valence-corrected chi connectivity index (χ4v) is 5.61. The predicted octanol–water partition coefficient (Wildman–Crippen LogP) is 4.37. The summed E-state index contributed by atoms with van der Waals surface area (Å²) in [5.74, 6) is 1.40. The highest BCUT2D eigenvalue weighted by Crippen LogP contribution is 2.61. The molecule has 0 saturated heterocycles. The number of nitrogens with one attached hydrogen (secondary N) is 2. The van der Waals surface area contributed by atoms with E-state index in [9.17, 15) is 9.59 Å². The molecular weight excluding hydrogens is 437 g/mol. The summed E-state index contributed by atoms with van der Waals surface area (Å²) >= 11 is 12.4. The van der Waals surface area contributed by atoms with Crippen molar-refractivity contribution >= 4 is 40.5 Å². The maximum atomic E-state index is 12.7. The number of amides is 1. The molecule has 3 aliphatic carbocycles. The van der Waals surface area contributed by atoms with E-state index in [1.54, 1.807) is 19.1 Å². The fraction of sp³-hybridized carbons (Fsp3) is 0.545. The van der Waals surface area contributed by atoms with Crippen LogP contribution in [0.15, 0.2) is 23.1 Å². The van der Waals surface area contributed by atoms with Crippen molar-refractivity contribution in [1.82, 2.24) is 14.8 Å². The van der Waals surface area contributed by atoms with Gasteiger partial charge in [-0.1, -0.05) is 44.0 Å². The summed E-state index contributed by atoms with van der Waals surface area (Å²) in [4.78, 5) is 29.2. The van der Waals surface area contributed by atoms with E-state index in [0.717, 1.165) is 16.8 Å². The number of aromatic nitrogens is 3. The minimum Gasteiger partial charge on any atom is -0.379 e. The van der Waals surface area contributed by atoms with E-state index in [1.807, 2.05) is 0 Å². The number of hydrogen-bond donors (Lipinski definition) is 2. The molecule has 3 saturated carbocycles. The van der Waals surface area contributed by atoms with Gasteiger partial charge in [-0.15, -0.1) is 0 Å². The molecule has 7 nitrogen and oxygen atoms in total. The van der Waals surface area contributed by atoms with Gasteiger partial charge in [-0.05, 0) is 55.1 Å². The molecule has 4 atom stereocenters. The van der Waals surface area contributed by atoms with Crippen molar-refractivity contribution in [2.45, 2.75) is 53.1 Å². The van der Waals surface area contributed by atoms with Gasteiger partial charge in [0.05, 0.1) is 17.6 Å². The largest absolute Gasteiger partial charge is 0.379 e. The molecule has 0 aliphatic heterocycles. The Morgan fingerprint density at radius 3 is 2.65 bits per heavy atom. The van der Waals surface area contributed by atoms with Gasteiger partial charge in [0.1, 0.15) is 11.6 Å². The van der Waals surface area contributed by atoms with Crippen LogP contribution in [-0.4, -0.2) is 26.7 Å². The van der Waals surface area contributed by atoms with E-state index in [4.69, 9.17) is 23.2 Å². The maximum Gasteiger partial charge on any atom is 0.288 e. The van der Waals surface area contributed by atoms with Crippen molar-refractivity contribution in [3.63, 3.8) is 0 Å². The van der Waals surface area contributed by atoms with Gasteiger partial charge in [-0.25, -0.2) is 9.67 Å². The molecule has 2 aromatic heterocycles. The first-order valence-corrected chi connectivity index (χ1v) is 11.3. The van der Waals surface area contributed by atoms with Crippen molar-refractivity contribution in [3.8, 4) is 0 Å². The zero-order chi connectivity index (χ0) is 22.5. The number of rotatable bonds is 5. The number of pyridine rings is 1. The van der Waals surface area contributed by atoms with E-state index < -0.39 is 11.5 Å². The molecule has 0 radical (unpaired) electrons. The standard InChI is InChI=1S/C22H27Cl2N5O2/c1-11-5-6-15(20(24)26-11)28-18(30)10-29-21(31)19(23)17(9-25-29)27-16-8-13-7-14(12(16)2)22(13,3)4/h5-6,9,12-14,16,27H,7-8,10H2,1-4H3,(H,28,30)/t12-,13+,14-,16-/m1/s1. The molecule has 3 fully saturated rings. The molecule has 0 aromatic carbocycles. The monoisotopic (exact) mass is 463 g/mol. The molecular formula is C22H27Cl2N5O2. The summed E-state index contributed by atoms with van der Waals surface area (Å²) in [5.41, 5.74) is 1.51. The summed E-state index contributed by atoms with van der Waals surface area (Å²) in [6.45, 7) is 8.48. The van der Waals surface area contributed by atoms with Gasteiger partial charge in [-0.3, -0.25) is 9.59 Å². The number of fused-ring (bicyclic) bond motifs is 2. The Bertz CT molecular complexity index is 1080. The number of carbonyl (C=O) groups excluding carboxylic acids is 1. The van der Waals surface area contributed by atoms with Crippen LogP contribution in [-0.2, 0) is 11.3 Å². The molecule has 0 unspecified atom stereocenters. The molecule has 2 N–H and O–H groups in total. The van der Waals surface area contributed by atoms with Crippen LogP contribution in [0.1, 0.15) is 39.3 Å². The SMILES string of the molecule is Cc1ccc(NC(=O)Cn2ncc(N[C@@H]3C[C@@H]4C[C@H]([C@H]3C)C4(C)C)c(Cl)c2=O)c(Cl)n1. The predicted molar refractivity (Wildman–Crippen MR) is 123 cm³/mol. The first kappa shape index (κ1) is 22.1. The van der Waals surface area contributed by atoms with Crippen molar-refractivity contribution in [2.75, 3.05) is 10.6 Å². The van der Waals surface area contributed by atoms with Gasteiger partial charge in [0.25, 0.3) is 5.56 Å². The first-order chi connectivity index (χ1) is 14.6. The van der Waals surface area contributed by atoms with E-state index in [-0.39, 0.29) is 22.8 Å². The number of nitrogens with zero attached hydrogens (tertiary/aromatic N) is 3. The van der Waals surface area contributed by atoms with Crippen LogP contribution in [0, 0.1) is 30.1 Å². The van der Waals surface area contributed by atoms with Crippen LogP contribution in [0.2, 0.25) is 10.2 Å². The highest BCUT2D eigenvalue weighted by Gasteiger charge is 2.56. The average Bonchev–Trinajstić information content (AvgIpc) is 2.70. The van der Waals surface area contributed by atoms with E-state index in [0.29, 0.717) is 34.5 Å². The quantitative estimate of drug-likeness (QED) is 0.642. The minimum atomic E-state index is -0.510. The Balaban J connectivity index is 1.44. The molecule has 2 heterocycles. The molecule has 5 rings (SSSR count). The Hall–Kier alpha value is -2.12. The van der Waals surface area contributed by atoms with Crippen molar-refractivity contribution < 1.29 is 4.79 Å². The lowest BCUT2D eigenvalue weighted by Gasteiger charge is -2.62. The van der Waals surface area contributed by atoms with Gasteiger partial charge >= 0.3 is 0 Å². The fourth-order valence-electron chi connectivity index (χ4n) is 5.16. The molecule has 9 heteroatoms. The summed E-state index contributed by atoms with van der Waals surface area (Å²) < 4.78 is 1.04. The molecule has 2 bridgehead atoms. The lowest BCUT2D eigenvalue weighted by molar-refractivity contribution is -0.117. The second-order valence-corrected chi connectivity index (χ2v) is 10.1. The van der Waals surface area contributed by atoms with Crippen LogP contribution < -0.4 is 16.2 Å². The lowest BCUT2D eigenvalue weighted by atomic mass is 9.45. The van der Waals surface area contributed by atoms with Crippen LogP contribution in [0.3, 0.4) is 0 Å². The van der Waals surface area contributed by atoms with Gasteiger partial charge in [-0.2, -0.15) is 5.10 Å². The molecule has 2 aromatic rings. The third-order valence-electron chi connectivity index (χ3n) is 7.24. The van der Waals surface area contributed by atoms with E-state index in [2.05, 4.69) is 41.5 Å². The number of carbonyl (C=O) groups is 1. The number of hydrogen-bond acceptors (Lipinski definition) is 5. The van der Waals surface area contributed by atoms with Gasteiger partial charge < -0.3 is 10.6 Å². The molecule has 0 spiro atoms. The zero-order valence-electron chi connectivity index (χ0n) is 18.1. The highest BCUT2D eigenvalue weighted by atomic mass is 35.5. The number of anilines is 2. The second-order valence-electron chi connectivity index (χ2n) is 9.38. The lowest BCUT2D eigenvalue weighted by Crippen LogP contribution is -2.58. The Labute approximate surface area is 191 Å². The number of halogens is 2. The van der Waals surface area contributed by atoms with Crippen molar-refractivity contribution in [1.29, 1.82) is 0 Å². The van der Waals surface area contributed by atoms with Crippen LogP contribution in [0.4, 0.5) is 11.4 Å². The summed E-state index contributed by atoms with van der Waals surface area (Å²) in [6, 6.07) is 3.65. The van der Waals surface area contributed by atoms with Gasteiger partial charge in [0.2, 0.25) is 5.91 Å². The summed E-state index contributed by atoms with van der Waals surface area (Å²) in [5, 5.41) is 10.5. The smallest absolute Gasteiger partial charge is 0.288 e. The average molecular weight is 464 g/mol. The topological polar surface area (TPSA) is 88.9 Å². The zero-order valence-corrected chi connectivity index (χ0v) is 19.6. The molecule has 166 valence electrons. The van der Waals surface area contributed by atoms with Crippen molar-refractivity contribution in [2.24, 2.45) is 23.2 Å². The minimum absolute atomic E-state index is 0.0449. The first-order valence-electron chi connectivity index (χ1n) is 10.5. The Kier molecular flexibility index (Phi) is 5.77. The molecule has 1 amide bonds. The maximum absolute atomic E-state index is 12.7. The van der Waals surface area contributed by atoms with E-state index in [1.165, 1.54) is 12.6 Å². The molecule has 31 heavy (non-hydrogen) atoms. The van der Waals surface area contributed by atoms with Crippen LogP contribution in [0.25, 0.3) is 0 Å².